The molecular weight excluding hydrogens is 370 g/mol. The highest BCUT2D eigenvalue weighted by Crippen LogP contribution is 2.17. The molecule has 0 spiro atoms. The van der Waals surface area contributed by atoms with Crippen molar-refractivity contribution in [2.45, 2.75) is 25.5 Å². The summed E-state index contributed by atoms with van der Waals surface area (Å²) in [7, 11) is -1.13. The number of hydrogen-bond acceptors (Lipinski definition) is 4. The standard InChI is InChI=1S/C22H31N3O2S/c1-19-5-3-6-21(17-19)18-28(26,27)23-12-4-7-20-8-10-22(11-9-20)25-15-13-24(2)14-16-25/h3,5-6,8-11,17,23H,4,7,12-16,18H2,1-2H3. The second-order valence-electron chi connectivity index (χ2n) is 7.70. The van der Waals surface area contributed by atoms with Gasteiger partial charge in [-0.3, -0.25) is 0 Å². The summed E-state index contributed by atoms with van der Waals surface area (Å²) in [4.78, 5) is 4.77. The number of nitrogens with zero attached hydrogens (tertiary/aromatic N) is 2. The number of hydrogen-bond donors (Lipinski definition) is 1. The molecule has 1 heterocycles. The molecule has 0 atom stereocenters. The van der Waals surface area contributed by atoms with Crippen LogP contribution < -0.4 is 9.62 Å². The van der Waals surface area contributed by atoms with Crippen molar-refractivity contribution in [1.29, 1.82) is 0 Å². The maximum Gasteiger partial charge on any atom is 0.215 e. The van der Waals surface area contributed by atoms with Crippen molar-refractivity contribution in [1.82, 2.24) is 9.62 Å². The molecule has 3 rings (SSSR count). The average Bonchev–Trinajstić information content (AvgIpc) is 2.66. The van der Waals surface area contributed by atoms with E-state index >= 15 is 0 Å². The van der Waals surface area contributed by atoms with Crippen LogP contribution in [-0.2, 0) is 22.2 Å². The maximum atomic E-state index is 12.2. The number of rotatable bonds is 8. The van der Waals surface area contributed by atoms with Crippen LogP contribution in [0.1, 0.15) is 23.1 Å². The molecule has 0 aromatic heterocycles. The highest BCUT2D eigenvalue weighted by molar-refractivity contribution is 7.88. The Morgan fingerprint density at radius 2 is 1.68 bits per heavy atom. The fourth-order valence-electron chi connectivity index (χ4n) is 3.53. The minimum atomic E-state index is -3.29. The number of nitrogens with one attached hydrogen (secondary N) is 1. The molecular formula is C22H31N3O2S. The van der Waals surface area contributed by atoms with Crippen LogP contribution in [0, 0.1) is 6.92 Å². The van der Waals surface area contributed by atoms with Crippen molar-refractivity contribution in [3.63, 3.8) is 0 Å². The lowest BCUT2D eigenvalue weighted by Gasteiger charge is -2.34. The summed E-state index contributed by atoms with van der Waals surface area (Å²) < 4.78 is 27.2. The van der Waals surface area contributed by atoms with Gasteiger partial charge in [-0.1, -0.05) is 42.0 Å². The summed E-state index contributed by atoms with van der Waals surface area (Å²) in [6.45, 7) is 6.78. The number of likely N-dealkylation sites (N-methyl/N-ethyl adjacent to an activating group) is 1. The quantitative estimate of drug-likeness (QED) is 0.691. The van der Waals surface area contributed by atoms with E-state index in [0.29, 0.717) is 6.54 Å². The molecule has 2 aromatic carbocycles. The van der Waals surface area contributed by atoms with Crippen molar-refractivity contribution in [2.75, 3.05) is 44.7 Å². The van der Waals surface area contributed by atoms with Gasteiger partial charge in [0.25, 0.3) is 0 Å². The Labute approximate surface area is 169 Å². The Hall–Kier alpha value is -1.89. The van der Waals surface area contributed by atoms with Crippen LogP contribution in [0.5, 0.6) is 0 Å². The number of aryl methyl sites for hydroxylation is 2. The molecule has 28 heavy (non-hydrogen) atoms. The third kappa shape index (κ3) is 6.33. The molecule has 0 aliphatic carbocycles. The van der Waals surface area contributed by atoms with Crippen molar-refractivity contribution >= 4 is 15.7 Å². The van der Waals surface area contributed by atoms with Gasteiger partial charge < -0.3 is 9.80 Å². The van der Waals surface area contributed by atoms with Gasteiger partial charge in [0.2, 0.25) is 10.0 Å². The summed E-state index contributed by atoms with van der Waals surface area (Å²) in [6.07, 6.45) is 1.66. The van der Waals surface area contributed by atoms with Gasteiger partial charge in [-0.2, -0.15) is 0 Å². The molecule has 0 saturated carbocycles. The minimum Gasteiger partial charge on any atom is -0.369 e. The van der Waals surface area contributed by atoms with E-state index in [4.69, 9.17) is 0 Å². The van der Waals surface area contributed by atoms with Gasteiger partial charge in [-0.25, -0.2) is 13.1 Å². The van der Waals surface area contributed by atoms with Crippen molar-refractivity contribution < 1.29 is 8.42 Å². The van der Waals surface area contributed by atoms with Crippen LogP contribution in [-0.4, -0.2) is 53.1 Å². The second kappa shape index (κ2) is 9.54. The fraction of sp³-hybridized carbons (Fsp3) is 0.455. The zero-order chi connectivity index (χ0) is 20.0. The monoisotopic (exact) mass is 401 g/mol. The van der Waals surface area contributed by atoms with E-state index in [2.05, 4.69) is 45.8 Å². The predicted molar refractivity (Wildman–Crippen MR) is 116 cm³/mol. The van der Waals surface area contributed by atoms with Gasteiger partial charge >= 0.3 is 0 Å². The van der Waals surface area contributed by atoms with Crippen LogP contribution in [0.15, 0.2) is 48.5 Å². The molecule has 0 amide bonds. The third-order valence-electron chi connectivity index (χ3n) is 5.21. The molecule has 1 N–H and O–H groups in total. The summed E-state index contributed by atoms with van der Waals surface area (Å²) in [6, 6.07) is 16.3. The van der Waals surface area contributed by atoms with E-state index in [1.54, 1.807) is 0 Å². The lowest BCUT2D eigenvalue weighted by molar-refractivity contribution is 0.313. The largest absolute Gasteiger partial charge is 0.369 e. The molecule has 2 aromatic rings. The zero-order valence-electron chi connectivity index (χ0n) is 16.9. The van der Waals surface area contributed by atoms with Gasteiger partial charge in [0.15, 0.2) is 0 Å². The summed E-state index contributed by atoms with van der Waals surface area (Å²) >= 11 is 0. The molecule has 0 bridgehead atoms. The summed E-state index contributed by atoms with van der Waals surface area (Å²) in [5.41, 5.74) is 4.42. The molecule has 1 aliphatic heterocycles. The van der Waals surface area contributed by atoms with Gasteiger partial charge in [-0.15, -0.1) is 0 Å². The SMILES string of the molecule is Cc1cccc(CS(=O)(=O)NCCCc2ccc(N3CCN(C)CC3)cc2)c1. The minimum absolute atomic E-state index is 0.0361. The molecule has 1 fully saturated rings. The van der Waals surface area contributed by atoms with E-state index in [1.165, 1.54) is 11.3 Å². The first-order chi connectivity index (χ1) is 13.4. The van der Waals surface area contributed by atoms with Crippen LogP contribution >= 0.6 is 0 Å². The van der Waals surface area contributed by atoms with Gasteiger partial charge in [-0.05, 0) is 50.1 Å². The van der Waals surface area contributed by atoms with Crippen molar-refractivity contribution in [3.8, 4) is 0 Å². The molecule has 1 aliphatic rings. The van der Waals surface area contributed by atoms with Gasteiger partial charge in [0.05, 0.1) is 5.75 Å². The van der Waals surface area contributed by atoms with Crippen molar-refractivity contribution in [3.05, 3.63) is 65.2 Å². The zero-order valence-corrected chi connectivity index (χ0v) is 17.7. The van der Waals surface area contributed by atoms with Crippen molar-refractivity contribution in [2.24, 2.45) is 0 Å². The van der Waals surface area contributed by atoms with E-state index in [0.717, 1.165) is 50.1 Å². The normalized spacial score (nSPS) is 15.7. The summed E-state index contributed by atoms with van der Waals surface area (Å²) in [5.74, 6) is 0.0361. The Morgan fingerprint density at radius 1 is 0.964 bits per heavy atom. The van der Waals surface area contributed by atoms with E-state index in [9.17, 15) is 8.42 Å². The van der Waals surface area contributed by atoms with E-state index in [1.807, 2.05) is 31.2 Å². The molecule has 152 valence electrons. The topological polar surface area (TPSA) is 52.7 Å². The lowest BCUT2D eigenvalue weighted by atomic mass is 10.1. The molecule has 0 radical (unpaired) electrons. The number of benzene rings is 2. The Bertz CT molecular complexity index is 858. The Balaban J connectivity index is 1.42. The van der Waals surface area contributed by atoms with Crippen LogP contribution in [0.3, 0.4) is 0 Å². The van der Waals surface area contributed by atoms with Crippen LogP contribution in [0.4, 0.5) is 5.69 Å². The second-order valence-corrected chi connectivity index (χ2v) is 9.51. The lowest BCUT2D eigenvalue weighted by Crippen LogP contribution is -2.44. The first-order valence-corrected chi connectivity index (χ1v) is 11.6. The fourth-order valence-corrected chi connectivity index (χ4v) is 4.71. The molecule has 5 nitrogen and oxygen atoms in total. The molecule has 0 unspecified atom stereocenters. The highest BCUT2D eigenvalue weighted by Gasteiger charge is 2.14. The summed E-state index contributed by atoms with van der Waals surface area (Å²) in [5, 5.41) is 0. The predicted octanol–water partition coefficient (Wildman–Crippen LogP) is 2.80. The average molecular weight is 402 g/mol. The van der Waals surface area contributed by atoms with Gasteiger partial charge in [0.1, 0.15) is 0 Å². The van der Waals surface area contributed by atoms with E-state index in [-0.39, 0.29) is 5.75 Å². The Kier molecular flexibility index (Phi) is 7.10. The smallest absolute Gasteiger partial charge is 0.215 e. The van der Waals surface area contributed by atoms with Gasteiger partial charge in [0, 0.05) is 38.4 Å². The van der Waals surface area contributed by atoms with E-state index < -0.39 is 10.0 Å². The maximum absolute atomic E-state index is 12.2. The third-order valence-corrected chi connectivity index (χ3v) is 6.57. The Morgan fingerprint density at radius 3 is 2.36 bits per heavy atom. The number of anilines is 1. The first-order valence-electron chi connectivity index (χ1n) is 9.97. The first kappa shape index (κ1) is 20.8. The van der Waals surface area contributed by atoms with Crippen LogP contribution in [0.2, 0.25) is 0 Å². The number of piperazine rings is 1. The molecule has 6 heteroatoms. The molecule has 1 saturated heterocycles. The van der Waals surface area contributed by atoms with Crippen LogP contribution in [0.25, 0.3) is 0 Å². The highest BCUT2D eigenvalue weighted by atomic mass is 32.2. The number of sulfonamides is 1.